The first-order valence-corrected chi connectivity index (χ1v) is 6.24. The standard InChI is InChI=1S/C13H13FN2O4/c14-8-3-1-7(2-4-8)13(5-6-13)15-10(17)9-11(18)16-20-12(9)19/h1-4,9,11,16,18H,5-6H2,(H,15,17). The van der Waals surface area contributed by atoms with E-state index >= 15 is 0 Å². The first kappa shape index (κ1) is 13.0. The van der Waals surface area contributed by atoms with Crippen LogP contribution in [-0.4, -0.2) is 23.2 Å². The molecule has 106 valence electrons. The van der Waals surface area contributed by atoms with Gasteiger partial charge in [0.25, 0.3) is 0 Å². The highest BCUT2D eigenvalue weighted by Gasteiger charge is 2.50. The second-order valence-corrected chi connectivity index (χ2v) is 5.04. The number of carbonyl (C=O) groups excluding carboxylic acids is 2. The number of aliphatic hydroxyl groups is 1. The number of aliphatic hydroxyl groups excluding tert-OH is 1. The van der Waals surface area contributed by atoms with Crippen LogP contribution in [0.4, 0.5) is 4.39 Å². The number of halogens is 1. The Bertz CT molecular complexity index is 556. The molecule has 2 unspecified atom stereocenters. The summed E-state index contributed by atoms with van der Waals surface area (Å²) in [5, 5.41) is 12.2. The van der Waals surface area contributed by atoms with Crippen LogP contribution in [0.2, 0.25) is 0 Å². The van der Waals surface area contributed by atoms with E-state index in [-0.39, 0.29) is 5.82 Å². The smallest absolute Gasteiger partial charge is 0.341 e. The molecule has 2 aliphatic rings. The van der Waals surface area contributed by atoms with Crippen molar-refractivity contribution in [3.05, 3.63) is 35.6 Å². The molecule has 3 rings (SSSR count). The van der Waals surface area contributed by atoms with Gasteiger partial charge in [0.15, 0.2) is 12.1 Å². The Labute approximate surface area is 113 Å². The fraction of sp³-hybridized carbons (Fsp3) is 0.385. The summed E-state index contributed by atoms with van der Waals surface area (Å²) in [6.45, 7) is 0. The van der Waals surface area contributed by atoms with Gasteiger partial charge in [0.2, 0.25) is 5.91 Å². The van der Waals surface area contributed by atoms with Crippen molar-refractivity contribution >= 4 is 11.9 Å². The highest BCUT2D eigenvalue weighted by atomic mass is 19.1. The third-order valence-corrected chi connectivity index (χ3v) is 3.64. The minimum Gasteiger partial charge on any atom is -0.374 e. The Morgan fingerprint density at radius 2 is 2.05 bits per heavy atom. The molecule has 1 aliphatic heterocycles. The number of nitrogens with one attached hydrogen (secondary N) is 2. The van der Waals surface area contributed by atoms with Gasteiger partial charge in [0.05, 0.1) is 5.54 Å². The van der Waals surface area contributed by atoms with Crippen molar-refractivity contribution in [3.8, 4) is 0 Å². The monoisotopic (exact) mass is 280 g/mol. The van der Waals surface area contributed by atoms with Crippen molar-refractivity contribution in [2.24, 2.45) is 5.92 Å². The largest absolute Gasteiger partial charge is 0.374 e. The molecule has 0 radical (unpaired) electrons. The zero-order valence-corrected chi connectivity index (χ0v) is 10.4. The van der Waals surface area contributed by atoms with Crippen LogP contribution >= 0.6 is 0 Å². The van der Waals surface area contributed by atoms with E-state index in [1.165, 1.54) is 12.1 Å². The normalized spacial score (nSPS) is 27.0. The molecule has 1 amide bonds. The number of hydroxylamine groups is 1. The predicted molar refractivity (Wildman–Crippen MR) is 64.2 cm³/mol. The lowest BCUT2D eigenvalue weighted by Crippen LogP contribution is -2.44. The molecule has 1 aromatic rings. The maximum atomic E-state index is 12.9. The summed E-state index contributed by atoms with van der Waals surface area (Å²) < 4.78 is 12.9. The maximum Gasteiger partial charge on any atom is 0.341 e. The van der Waals surface area contributed by atoms with Gasteiger partial charge in [-0.3, -0.25) is 4.79 Å². The average molecular weight is 280 g/mol. The first-order valence-electron chi connectivity index (χ1n) is 6.24. The molecule has 0 spiro atoms. The Kier molecular flexibility index (Phi) is 2.95. The lowest BCUT2D eigenvalue weighted by Gasteiger charge is -2.20. The van der Waals surface area contributed by atoms with Crippen LogP contribution in [0.5, 0.6) is 0 Å². The molecular formula is C13H13FN2O4. The van der Waals surface area contributed by atoms with Crippen molar-refractivity contribution in [2.75, 3.05) is 0 Å². The summed E-state index contributed by atoms with van der Waals surface area (Å²) in [6, 6.07) is 5.85. The molecule has 0 aromatic heterocycles. The minimum atomic E-state index is -1.36. The van der Waals surface area contributed by atoms with Gasteiger partial charge in [-0.2, -0.15) is 0 Å². The molecule has 0 bridgehead atoms. The highest BCUT2D eigenvalue weighted by molar-refractivity contribution is 5.99. The van der Waals surface area contributed by atoms with Crippen molar-refractivity contribution in [3.63, 3.8) is 0 Å². The van der Waals surface area contributed by atoms with Gasteiger partial charge in [-0.15, -0.1) is 5.48 Å². The van der Waals surface area contributed by atoms with Crippen molar-refractivity contribution in [2.45, 2.75) is 24.6 Å². The van der Waals surface area contributed by atoms with Gasteiger partial charge in [0, 0.05) is 0 Å². The summed E-state index contributed by atoms with van der Waals surface area (Å²) in [5.74, 6) is -3.05. The Hall–Kier alpha value is -1.99. The van der Waals surface area contributed by atoms with Gasteiger partial charge in [-0.1, -0.05) is 12.1 Å². The van der Waals surface area contributed by atoms with E-state index in [0.717, 1.165) is 5.56 Å². The van der Waals surface area contributed by atoms with E-state index in [1.54, 1.807) is 12.1 Å². The summed E-state index contributed by atoms with van der Waals surface area (Å²) in [7, 11) is 0. The summed E-state index contributed by atoms with van der Waals surface area (Å²) in [4.78, 5) is 27.8. The fourth-order valence-corrected chi connectivity index (χ4v) is 2.32. The SMILES string of the molecule is O=C(NC1(c2ccc(F)cc2)CC1)C1C(=O)ONC1O. The van der Waals surface area contributed by atoms with Crippen LogP contribution < -0.4 is 10.8 Å². The first-order chi connectivity index (χ1) is 9.52. The highest BCUT2D eigenvalue weighted by Crippen LogP contribution is 2.45. The van der Waals surface area contributed by atoms with Gasteiger partial charge >= 0.3 is 5.97 Å². The van der Waals surface area contributed by atoms with Gasteiger partial charge in [-0.05, 0) is 30.5 Å². The van der Waals surface area contributed by atoms with Crippen LogP contribution in [0.15, 0.2) is 24.3 Å². The molecule has 20 heavy (non-hydrogen) atoms. The number of hydrogen-bond acceptors (Lipinski definition) is 5. The van der Waals surface area contributed by atoms with Crippen LogP contribution in [0.1, 0.15) is 18.4 Å². The van der Waals surface area contributed by atoms with Gasteiger partial charge in [0.1, 0.15) is 5.82 Å². The quantitative estimate of drug-likeness (QED) is 0.674. The molecule has 2 atom stereocenters. The third kappa shape index (κ3) is 2.14. The van der Waals surface area contributed by atoms with Gasteiger partial charge in [-0.25, -0.2) is 9.18 Å². The van der Waals surface area contributed by atoms with Crippen LogP contribution in [0, 0.1) is 11.7 Å². The predicted octanol–water partition coefficient (Wildman–Crippen LogP) is -0.0730. The summed E-state index contributed by atoms with van der Waals surface area (Å²) >= 11 is 0. The Morgan fingerprint density at radius 1 is 1.40 bits per heavy atom. The Morgan fingerprint density at radius 3 is 2.55 bits per heavy atom. The zero-order chi connectivity index (χ0) is 14.3. The zero-order valence-electron chi connectivity index (χ0n) is 10.4. The third-order valence-electron chi connectivity index (χ3n) is 3.64. The van der Waals surface area contributed by atoms with Crippen LogP contribution in [-0.2, 0) is 20.0 Å². The molecule has 1 aliphatic carbocycles. The van der Waals surface area contributed by atoms with Crippen LogP contribution in [0.25, 0.3) is 0 Å². The number of rotatable bonds is 3. The number of hydrogen-bond donors (Lipinski definition) is 3. The molecule has 6 nitrogen and oxygen atoms in total. The van der Waals surface area contributed by atoms with E-state index < -0.39 is 29.6 Å². The Balaban J connectivity index is 1.75. The second kappa shape index (κ2) is 4.53. The minimum absolute atomic E-state index is 0.352. The molecule has 7 heteroatoms. The lowest BCUT2D eigenvalue weighted by atomic mass is 10.0. The molecule has 1 heterocycles. The molecule has 2 fully saturated rings. The average Bonchev–Trinajstić information content (AvgIpc) is 3.10. The van der Waals surface area contributed by atoms with E-state index in [1.807, 2.05) is 5.48 Å². The van der Waals surface area contributed by atoms with E-state index in [4.69, 9.17) is 0 Å². The molecule has 1 saturated heterocycles. The summed E-state index contributed by atoms with van der Waals surface area (Å²) in [5.41, 5.74) is 2.25. The van der Waals surface area contributed by atoms with Crippen molar-refractivity contribution in [1.82, 2.24) is 10.8 Å². The number of benzene rings is 1. The number of amides is 1. The van der Waals surface area contributed by atoms with Gasteiger partial charge < -0.3 is 15.3 Å². The fourth-order valence-electron chi connectivity index (χ4n) is 2.32. The molecule has 1 aromatic carbocycles. The van der Waals surface area contributed by atoms with E-state index in [9.17, 15) is 19.1 Å². The lowest BCUT2D eigenvalue weighted by molar-refractivity contribution is -0.148. The topological polar surface area (TPSA) is 87.7 Å². The molecule has 1 saturated carbocycles. The van der Waals surface area contributed by atoms with Crippen LogP contribution in [0.3, 0.4) is 0 Å². The number of carbonyl (C=O) groups is 2. The van der Waals surface area contributed by atoms with Crippen molar-refractivity contribution in [1.29, 1.82) is 0 Å². The summed E-state index contributed by atoms with van der Waals surface area (Å²) in [6.07, 6.45) is 0.0530. The van der Waals surface area contributed by atoms with E-state index in [0.29, 0.717) is 12.8 Å². The second-order valence-electron chi connectivity index (χ2n) is 5.04. The van der Waals surface area contributed by atoms with Crippen molar-refractivity contribution < 1.29 is 23.9 Å². The van der Waals surface area contributed by atoms with E-state index in [2.05, 4.69) is 10.2 Å². The molecular weight excluding hydrogens is 267 g/mol. The molecule has 3 N–H and O–H groups in total. The maximum absolute atomic E-state index is 12.9.